The molecule has 180 valence electrons. The van der Waals surface area contributed by atoms with Gasteiger partial charge in [-0.3, -0.25) is 15.4 Å². The van der Waals surface area contributed by atoms with Gasteiger partial charge in [0.2, 0.25) is 6.79 Å². The molecule has 4 N–H and O–H groups in total. The van der Waals surface area contributed by atoms with Gasteiger partial charge in [-0.25, -0.2) is 14.4 Å². The quantitative estimate of drug-likeness (QED) is 0.130. The lowest BCUT2D eigenvalue weighted by Gasteiger charge is -2.10. The molecular formula is C22H29N3O8. The number of amides is 2. The average molecular weight is 463 g/mol. The Balaban J connectivity index is 2.22. The summed E-state index contributed by atoms with van der Waals surface area (Å²) in [5.41, 5.74) is 2.01. The van der Waals surface area contributed by atoms with E-state index in [1.165, 1.54) is 0 Å². The zero-order valence-corrected chi connectivity index (χ0v) is 18.5. The minimum Gasteiger partial charge on any atom is -0.449 e. The van der Waals surface area contributed by atoms with Crippen LogP contribution in [-0.4, -0.2) is 37.5 Å². The molecule has 0 aromatic heterocycles. The van der Waals surface area contributed by atoms with Gasteiger partial charge in [-0.15, -0.1) is 0 Å². The fraction of sp³-hybridized carbons (Fsp3) is 0.364. The smallest absolute Gasteiger partial charge is 0.430 e. The van der Waals surface area contributed by atoms with E-state index < -0.39 is 30.9 Å². The molecule has 0 unspecified atom stereocenters. The maximum atomic E-state index is 11.8. The van der Waals surface area contributed by atoms with Crippen molar-refractivity contribution in [2.24, 2.45) is 5.90 Å². The van der Waals surface area contributed by atoms with Crippen LogP contribution in [0.3, 0.4) is 0 Å². The Hall–Kier alpha value is -3.86. The van der Waals surface area contributed by atoms with Gasteiger partial charge in [0.25, 0.3) is 0 Å². The van der Waals surface area contributed by atoms with E-state index >= 15 is 0 Å². The molecule has 11 heteroatoms. The molecule has 0 fully saturated rings. The maximum absolute atomic E-state index is 11.8. The van der Waals surface area contributed by atoms with Crippen molar-refractivity contribution >= 4 is 24.1 Å². The van der Waals surface area contributed by atoms with Crippen molar-refractivity contribution in [1.29, 1.82) is 0 Å². The van der Waals surface area contributed by atoms with Gasteiger partial charge in [-0.2, -0.15) is 5.90 Å². The second-order valence-corrected chi connectivity index (χ2v) is 6.70. The zero-order valence-electron chi connectivity index (χ0n) is 18.5. The molecule has 0 spiro atoms. The Bertz CT molecular complexity index is 843. The average Bonchev–Trinajstić information content (AvgIpc) is 2.79. The number of esters is 2. The number of hydrogen-bond donors (Lipinski definition) is 3. The third-order valence-electron chi connectivity index (χ3n) is 4.04. The van der Waals surface area contributed by atoms with Crippen LogP contribution in [0, 0.1) is 0 Å². The molecule has 0 atom stereocenters. The molecule has 0 aromatic rings. The zero-order chi connectivity index (χ0) is 24.5. The molecule has 0 aromatic carbocycles. The van der Waals surface area contributed by atoms with Crippen molar-refractivity contribution < 1.29 is 38.2 Å². The Kier molecular flexibility index (Phi) is 13.1. The van der Waals surface area contributed by atoms with Crippen LogP contribution in [0.5, 0.6) is 0 Å². The lowest BCUT2D eigenvalue weighted by atomic mass is 10.1. The lowest BCUT2D eigenvalue weighted by molar-refractivity contribution is -0.164. The van der Waals surface area contributed by atoms with Crippen LogP contribution in [0.25, 0.3) is 0 Å². The van der Waals surface area contributed by atoms with Crippen molar-refractivity contribution in [3.8, 4) is 0 Å². The summed E-state index contributed by atoms with van der Waals surface area (Å²) in [5, 5.41) is 5.07. The lowest BCUT2D eigenvalue weighted by Crippen LogP contribution is -2.26. The van der Waals surface area contributed by atoms with E-state index in [4.69, 9.17) is 15.4 Å². The van der Waals surface area contributed by atoms with Gasteiger partial charge in [0.1, 0.15) is 0 Å². The van der Waals surface area contributed by atoms with E-state index in [9.17, 15) is 19.2 Å². The monoisotopic (exact) mass is 463 g/mol. The number of unbranched alkanes of at least 4 members (excludes halogenated alkanes) is 2. The summed E-state index contributed by atoms with van der Waals surface area (Å²) in [6.07, 6.45) is 11.1. The minimum absolute atomic E-state index is 0.169. The van der Waals surface area contributed by atoms with E-state index in [1.54, 1.807) is 31.2 Å². The standard InChI is InChI=1S/C22H29N3O8/c1-3-19(26)31-15-32-20(27)10-5-4-6-13-30-21(28)24-16(2)11-12-17-8-7-9-18(14-17)25-22(29)33-23/h3,7,9,11-12,14H,1,4-6,8,10,13,15,23H2,2H3,(H,24,28)(H,25,29)/b16-11+,17-12+. The number of hydrogen-bond acceptors (Lipinski definition) is 9. The summed E-state index contributed by atoms with van der Waals surface area (Å²) in [4.78, 5) is 49.3. The van der Waals surface area contributed by atoms with Crippen LogP contribution in [0.2, 0.25) is 0 Å². The summed E-state index contributed by atoms with van der Waals surface area (Å²) in [5.74, 6) is 3.65. The number of rotatable bonds is 12. The van der Waals surface area contributed by atoms with Crippen LogP contribution in [0.1, 0.15) is 39.0 Å². The van der Waals surface area contributed by atoms with E-state index in [0.29, 0.717) is 37.1 Å². The number of alkyl carbamates (subject to hydrolysis) is 1. The van der Waals surface area contributed by atoms with Crippen molar-refractivity contribution in [3.05, 3.63) is 60.0 Å². The topological polar surface area (TPSA) is 155 Å². The number of allylic oxidation sites excluding steroid dienone is 7. The summed E-state index contributed by atoms with van der Waals surface area (Å²) in [6, 6.07) is 0. The van der Waals surface area contributed by atoms with E-state index in [2.05, 4.69) is 26.8 Å². The summed E-state index contributed by atoms with van der Waals surface area (Å²) in [7, 11) is 0. The number of nitrogens with two attached hydrogens (primary N) is 1. The first-order chi connectivity index (χ1) is 15.8. The third kappa shape index (κ3) is 13.2. The minimum atomic E-state index is -0.769. The Labute approximate surface area is 191 Å². The van der Waals surface area contributed by atoms with Gasteiger partial charge in [0.05, 0.1) is 6.61 Å². The highest BCUT2D eigenvalue weighted by Gasteiger charge is 2.07. The normalized spacial score (nSPS) is 14.1. The molecule has 1 aliphatic carbocycles. The maximum Gasteiger partial charge on any atom is 0.430 e. The first-order valence-electron chi connectivity index (χ1n) is 10.2. The predicted octanol–water partition coefficient (Wildman–Crippen LogP) is 2.78. The van der Waals surface area contributed by atoms with Crippen LogP contribution in [0.15, 0.2) is 60.0 Å². The Morgan fingerprint density at radius 2 is 1.91 bits per heavy atom. The molecule has 0 radical (unpaired) electrons. The highest BCUT2D eigenvalue weighted by Crippen LogP contribution is 2.14. The molecule has 0 saturated carbocycles. The highest BCUT2D eigenvalue weighted by atomic mass is 16.7. The summed E-state index contributed by atoms with van der Waals surface area (Å²) < 4.78 is 14.4. The van der Waals surface area contributed by atoms with Crippen LogP contribution >= 0.6 is 0 Å². The molecule has 2 amide bonds. The van der Waals surface area contributed by atoms with E-state index in [1.807, 2.05) is 6.08 Å². The molecule has 0 aliphatic heterocycles. The van der Waals surface area contributed by atoms with Crippen molar-refractivity contribution in [2.75, 3.05) is 13.4 Å². The van der Waals surface area contributed by atoms with Gasteiger partial charge < -0.3 is 19.0 Å². The molecule has 0 heterocycles. The van der Waals surface area contributed by atoms with Crippen LogP contribution in [-0.2, 0) is 28.6 Å². The van der Waals surface area contributed by atoms with Gasteiger partial charge in [0.15, 0.2) is 0 Å². The molecule has 1 aliphatic rings. The van der Waals surface area contributed by atoms with Crippen LogP contribution < -0.4 is 16.5 Å². The molecule has 0 saturated heterocycles. The second kappa shape index (κ2) is 15.9. The molecule has 33 heavy (non-hydrogen) atoms. The number of carbonyl (C=O) groups is 4. The van der Waals surface area contributed by atoms with E-state index in [0.717, 1.165) is 11.6 Å². The largest absolute Gasteiger partial charge is 0.449 e. The van der Waals surface area contributed by atoms with Crippen molar-refractivity contribution in [3.63, 3.8) is 0 Å². The summed E-state index contributed by atoms with van der Waals surface area (Å²) in [6.45, 7) is 4.69. The SMILES string of the molecule is C=CC(=O)OCOC(=O)CCCCCOC(=O)N/C(C)=C/C=C1/C=C(NC(=O)ON)C=CC1. The van der Waals surface area contributed by atoms with E-state index in [-0.39, 0.29) is 13.0 Å². The molecule has 0 bridgehead atoms. The second-order valence-electron chi connectivity index (χ2n) is 6.70. The van der Waals surface area contributed by atoms with Gasteiger partial charge in [-0.05, 0) is 56.4 Å². The van der Waals surface area contributed by atoms with Crippen LogP contribution in [0.4, 0.5) is 9.59 Å². The van der Waals surface area contributed by atoms with Crippen molar-refractivity contribution in [2.45, 2.75) is 39.0 Å². The fourth-order valence-electron chi connectivity index (χ4n) is 2.44. The third-order valence-corrected chi connectivity index (χ3v) is 4.04. The number of nitrogens with one attached hydrogen (secondary N) is 2. The molecule has 11 nitrogen and oxygen atoms in total. The van der Waals surface area contributed by atoms with Gasteiger partial charge in [0, 0.05) is 23.9 Å². The number of ether oxygens (including phenoxy) is 3. The van der Waals surface area contributed by atoms with Crippen molar-refractivity contribution in [1.82, 2.24) is 10.6 Å². The number of carbonyl (C=O) groups excluding carboxylic acids is 4. The molecule has 1 rings (SSSR count). The Morgan fingerprint density at radius 1 is 1.12 bits per heavy atom. The Morgan fingerprint density at radius 3 is 2.64 bits per heavy atom. The highest BCUT2D eigenvalue weighted by molar-refractivity contribution is 5.81. The fourth-order valence-corrected chi connectivity index (χ4v) is 2.44. The first kappa shape index (κ1) is 27.2. The first-order valence-corrected chi connectivity index (χ1v) is 10.2. The molecular weight excluding hydrogens is 434 g/mol. The summed E-state index contributed by atoms with van der Waals surface area (Å²) >= 11 is 0. The predicted molar refractivity (Wildman–Crippen MR) is 118 cm³/mol. The van der Waals surface area contributed by atoms with Gasteiger partial charge >= 0.3 is 24.1 Å². The van der Waals surface area contributed by atoms with Gasteiger partial charge in [-0.1, -0.05) is 18.7 Å².